The van der Waals surface area contributed by atoms with Crippen LogP contribution in [0.3, 0.4) is 0 Å². The lowest BCUT2D eigenvalue weighted by atomic mass is 10.1. The van der Waals surface area contributed by atoms with E-state index in [1.165, 1.54) is 5.39 Å². The number of aliphatic carboxylic acids is 1. The van der Waals surface area contributed by atoms with E-state index in [9.17, 15) is 4.79 Å². The van der Waals surface area contributed by atoms with Gasteiger partial charge in [-0.15, -0.1) is 0 Å². The molecule has 0 saturated heterocycles. The molecule has 0 radical (unpaired) electrons. The number of hydrogen-bond donors (Lipinski definition) is 2. The molecule has 0 heterocycles. The predicted octanol–water partition coefficient (Wildman–Crippen LogP) is 3.67. The third kappa shape index (κ3) is 3.13. The minimum atomic E-state index is -0.845. The first-order valence-electron chi connectivity index (χ1n) is 6.36. The second kappa shape index (κ2) is 6.05. The van der Waals surface area contributed by atoms with E-state index in [0.29, 0.717) is 18.5 Å². The van der Waals surface area contributed by atoms with Crippen LogP contribution in [-0.2, 0) is 4.79 Å². The predicted molar refractivity (Wildman–Crippen MR) is 78.4 cm³/mol. The quantitative estimate of drug-likeness (QED) is 0.801. The van der Waals surface area contributed by atoms with Crippen LogP contribution in [0.1, 0.15) is 13.3 Å². The van der Waals surface area contributed by atoms with Crippen LogP contribution in [0.25, 0.3) is 10.8 Å². The molecule has 0 atom stereocenters. The Balaban J connectivity index is 2.16. The van der Waals surface area contributed by atoms with E-state index in [4.69, 9.17) is 5.11 Å². The molecule has 0 amide bonds. The number of benzene rings is 2. The fourth-order valence-electron chi connectivity index (χ4n) is 2.05. The Bertz CT molecular complexity index is 612. The molecule has 0 aliphatic rings. The molecule has 0 bridgehead atoms. The van der Waals surface area contributed by atoms with Crippen LogP contribution >= 0.6 is 0 Å². The Labute approximate surface area is 112 Å². The molecule has 0 aliphatic heterocycles. The maximum absolute atomic E-state index is 10.9. The lowest BCUT2D eigenvalue weighted by molar-refractivity contribution is -0.132. The third-order valence-electron chi connectivity index (χ3n) is 3.09. The normalized spacial score (nSPS) is 11.5. The highest BCUT2D eigenvalue weighted by Gasteiger charge is 2.03. The van der Waals surface area contributed by atoms with E-state index in [1.807, 2.05) is 31.2 Å². The van der Waals surface area contributed by atoms with E-state index in [1.54, 1.807) is 6.08 Å². The SMILES string of the molecule is CC/C(=C/CNc1cccc2ccccc12)C(=O)O. The largest absolute Gasteiger partial charge is 0.478 e. The summed E-state index contributed by atoms with van der Waals surface area (Å²) in [5, 5.41) is 14.5. The Kier molecular flexibility index (Phi) is 4.18. The van der Waals surface area contributed by atoms with Gasteiger partial charge in [0.25, 0.3) is 0 Å². The van der Waals surface area contributed by atoms with Crippen LogP contribution in [-0.4, -0.2) is 17.6 Å². The highest BCUT2D eigenvalue weighted by Crippen LogP contribution is 2.22. The molecular formula is C16H17NO2. The Morgan fingerprint density at radius 1 is 1.21 bits per heavy atom. The number of hydrogen-bond acceptors (Lipinski definition) is 2. The molecule has 0 spiro atoms. The van der Waals surface area contributed by atoms with E-state index in [2.05, 4.69) is 23.5 Å². The maximum atomic E-state index is 10.9. The first-order valence-corrected chi connectivity index (χ1v) is 6.36. The van der Waals surface area contributed by atoms with Crippen molar-refractivity contribution in [2.45, 2.75) is 13.3 Å². The average Bonchev–Trinajstić information content (AvgIpc) is 2.43. The summed E-state index contributed by atoms with van der Waals surface area (Å²) in [6.45, 7) is 2.36. The van der Waals surface area contributed by atoms with Gasteiger partial charge in [0.15, 0.2) is 0 Å². The fourth-order valence-corrected chi connectivity index (χ4v) is 2.05. The lowest BCUT2D eigenvalue weighted by Gasteiger charge is -2.08. The highest BCUT2D eigenvalue weighted by molar-refractivity contribution is 5.94. The standard InChI is InChI=1S/C16H17NO2/c1-2-12(16(18)19)10-11-17-15-9-5-7-13-6-3-4-8-14(13)15/h3-10,17H,2,11H2,1H3,(H,18,19)/b12-10-. The van der Waals surface area contributed by atoms with Gasteiger partial charge in [-0.3, -0.25) is 0 Å². The molecule has 3 heteroatoms. The molecule has 2 N–H and O–H groups in total. The summed E-state index contributed by atoms with van der Waals surface area (Å²) >= 11 is 0. The summed E-state index contributed by atoms with van der Waals surface area (Å²) in [6, 6.07) is 14.2. The van der Waals surface area contributed by atoms with Crippen molar-refractivity contribution in [2.75, 3.05) is 11.9 Å². The van der Waals surface area contributed by atoms with Crippen LogP contribution in [0, 0.1) is 0 Å². The van der Waals surface area contributed by atoms with Gasteiger partial charge in [0.1, 0.15) is 0 Å². The van der Waals surface area contributed by atoms with Gasteiger partial charge in [-0.05, 0) is 17.9 Å². The Morgan fingerprint density at radius 2 is 1.95 bits per heavy atom. The summed E-state index contributed by atoms with van der Waals surface area (Å²) < 4.78 is 0. The molecule has 0 unspecified atom stereocenters. The van der Waals surface area contributed by atoms with Gasteiger partial charge in [-0.25, -0.2) is 4.79 Å². The van der Waals surface area contributed by atoms with Gasteiger partial charge in [-0.2, -0.15) is 0 Å². The number of carboxylic acid groups (broad SMARTS) is 1. The van der Waals surface area contributed by atoms with E-state index in [0.717, 1.165) is 11.1 Å². The highest BCUT2D eigenvalue weighted by atomic mass is 16.4. The number of nitrogens with one attached hydrogen (secondary N) is 1. The Morgan fingerprint density at radius 3 is 2.68 bits per heavy atom. The van der Waals surface area contributed by atoms with E-state index in [-0.39, 0.29) is 0 Å². The van der Waals surface area contributed by atoms with Gasteiger partial charge in [0.2, 0.25) is 0 Å². The van der Waals surface area contributed by atoms with Crippen molar-refractivity contribution in [1.82, 2.24) is 0 Å². The first kappa shape index (κ1) is 13.1. The van der Waals surface area contributed by atoms with Crippen LogP contribution in [0.15, 0.2) is 54.1 Å². The molecule has 0 saturated carbocycles. The summed E-state index contributed by atoms with van der Waals surface area (Å²) in [4.78, 5) is 10.9. The zero-order valence-corrected chi connectivity index (χ0v) is 10.9. The van der Waals surface area contributed by atoms with Gasteiger partial charge in [0, 0.05) is 23.2 Å². The third-order valence-corrected chi connectivity index (χ3v) is 3.09. The molecule has 0 aromatic heterocycles. The molecule has 98 valence electrons. The molecule has 2 aromatic carbocycles. The van der Waals surface area contributed by atoms with Crippen molar-refractivity contribution in [3.8, 4) is 0 Å². The van der Waals surface area contributed by atoms with Crippen molar-refractivity contribution in [2.24, 2.45) is 0 Å². The summed E-state index contributed by atoms with van der Waals surface area (Å²) in [6.07, 6.45) is 2.26. The molecule has 3 nitrogen and oxygen atoms in total. The zero-order valence-electron chi connectivity index (χ0n) is 10.9. The van der Waals surface area contributed by atoms with Crippen LogP contribution < -0.4 is 5.32 Å². The monoisotopic (exact) mass is 255 g/mol. The minimum absolute atomic E-state index is 0.438. The maximum Gasteiger partial charge on any atom is 0.331 e. The second-order valence-electron chi connectivity index (χ2n) is 4.30. The lowest BCUT2D eigenvalue weighted by Crippen LogP contribution is -2.04. The molecular weight excluding hydrogens is 238 g/mol. The van der Waals surface area contributed by atoms with Gasteiger partial charge in [-0.1, -0.05) is 49.4 Å². The molecule has 2 rings (SSSR count). The molecule has 19 heavy (non-hydrogen) atoms. The second-order valence-corrected chi connectivity index (χ2v) is 4.30. The Hall–Kier alpha value is -2.29. The fraction of sp³-hybridized carbons (Fsp3) is 0.188. The molecule has 0 aliphatic carbocycles. The summed E-state index contributed by atoms with van der Waals surface area (Å²) in [5.74, 6) is -0.845. The zero-order chi connectivity index (χ0) is 13.7. The van der Waals surface area contributed by atoms with Crippen LogP contribution in [0.2, 0.25) is 0 Å². The van der Waals surface area contributed by atoms with Crippen molar-refractivity contribution < 1.29 is 9.90 Å². The number of rotatable bonds is 5. The molecule has 2 aromatic rings. The number of carbonyl (C=O) groups is 1. The number of fused-ring (bicyclic) bond motifs is 1. The molecule has 0 fully saturated rings. The number of anilines is 1. The number of carboxylic acids is 1. The summed E-state index contributed by atoms with van der Waals surface area (Å²) in [5.41, 5.74) is 1.46. The van der Waals surface area contributed by atoms with Crippen molar-refractivity contribution in [3.63, 3.8) is 0 Å². The van der Waals surface area contributed by atoms with Gasteiger partial charge < -0.3 is 10.4 Å². The van der Waals surface area contributed by atoms with Crippen molar-refractivity contribution in [1.29, 1.82) is 0 Å². The smallest absolute Gasteiger partial charge is 0.331 e. The first-order chi connectivity index (χ1) is 9.22. The van der Waals surface area contributed by atoms with Gasteiger partial charge in [0.05, 0.1) is 0 Å². The van der Waals surface area contributed by atoms with E-state index >= 15 is 0 Å². The van der Waals surface area contributed by atoms with Crippen molar-refractivity contribution in [3.05, 3.63) is 54.1 Å². The van der Waals surface area contributed by atoms with Crippen LogP contribution in [0.5, 0.6) is 0 Å². The topological polar surface area (TPSA) is 49.3 Å². The van der Waals surface area contributed by atoms with E-state index < -0.39 is 5.97 Å². The average molecular weight is 255 g/mol. The minimum Gasteiger partial charge on any atom is -0.478 e. The van der Waals surface area contributed by atoms with Gasteiger partial charge >= 0.3 is 5.97 Å². The van der Waals surface area contributed by atoms with Crippen molar-refractivity contribution >= 4 is 22.4 Å². The van der Waals surface area contributed by atoms with Crippen LogP contribution in [0.4, 0.5) is 5.69 Å². The summed E-state index contributed by atoms with van der Waals surface area (Å²) in [7, 11) is 0.